The van der Waals surface area contributed by atoms with Gasteiger partial charge in [0.1, 0.15) is 0 Å². The fourth-order valence-electron chi connectivity index (χ4n) is 4.54. The number of halogens is 3. The summed E-state index contributed by atoms with van der Waals surface area (Å²) in [6, 6.07) is 3.81. The molecule has 0 radical (unpaired) electrons. The Hall–Kier alpha value is -1.87. The zero-order chi connectivity index (χ0) is 20.8. The molecule has 2 aliphatic rings. The van der Waals surface area contributed by atoms with E-state index in [9.17, 15) is 21.6 Å². The van der Waals surface area contributed by atoms with E-state index in [-0.39, 0.29) is 17.5 Å². The molecule has 5 nitrogen and oxygen atoms in total. The van der Waals surface area contributed by atoms with Crippen LogP contribution in [0.4, 0.5) is 13.2 Å². The number of aromatic nitrogens is 2. The molecule has 0 aliphatic heterocycles. The van der Waals surface area contributed by atoms with E-state index >= 15 is 0 Å². The SMILES string of the molecule is Cn1nc(CN(C2CCCC2)S(=O)(=O)c2cccc(C(F)(F)F)c2)c2c1CCC2. The Labute approximate surface area is 168 Å². The highest BCUT2D eigenvalue weighted by atomic mass is 32.2. The van der Waals surface area contributed by atoms with E-state index in [0.717, 1.165) is 67.3 Å². The van der Waals surface area contributed by atoms with Gasteiger partial charge in [-0.05, 0) is 55.9 Å². The van der Waals surface area contributed by atoms with Crippen molar-refractivity contribution in [1.82, 2.24) is 14.1 Å². The van der Waals surface area contributed by atoms with Crippen LogP contribution in [0.2, 0.25) is 0 Å². The summed E-state index contributed by atoms with van der Waals surface area (Å²) < 4.78 is 69.5. The Morgan fingerprint density at radius 3 is 2.59 bits per heavy atom. The molecule has 1 aromatic carbocycles. The number of sulfonamides is 1. The van der Waals surface area contributed by atoms with Crippen molar-refractivity contribution in [2.75, 3.05) is 0 Å². The van der Waals surface area contributed by atoms with Gasteiger partial charge in [0.15, 0.2) is 0 Å². The fraction of sp³-hybridized carbons (Fsp3) is 0.550. The molecule has 0 unspecified atom stereocenters. The summed E-state index contributed by atoms with van der Waals surface area (Å²) in [5.74, 6) is 0. The Kier molecular flexibility index (Phi) is 5.23. The van der Waals surface area contributed by atoms with Crippen LogP contribution in [0.1, 0.15) is 54.6 Å². The first-order valence-electron chi connectivity index (χ1n) is 9.90. The molecule has 0 bridgehead atoms. The minimum absolute atomic E-state index is 0.104. The molecule has 0 atom stereocenters. The molecule has 0 saturated heterocycles. The maximum Gasteiger partial charge on any atom is 0.416 e. The molecule has 0 N–H and O–H groups in total. The van der Waals surface area contributed by atoms with Crippen molar-refractivity contribution in [2.24, 2.45) is 7.05 Å². The lowest BCUT2D eigenvalue weighted by molar-refractivity contribution is -0.137. The Morgan fingerprint density at radius 1 is 1.17 bits per heavy atom. The maximum atomic E-state index is 13.4. The summed E-state index contributed by atoms with van der Waals surface area (Å²) in [6.45, 7) is 0.104. The second kappa shape index (κ2) is 7.43. The highest BCUT2D eigenvalue weighted by molar-refractivity contribution is 7.89. The van der Waals surface area contributed by atoms with Crippen molar-refractivity contribution in [3.05, 3.63) is 46.8 Å². The Balaban J connectivity index is 1.73. The van der Waals surface area contributed by atoms with Gasteiger partial charge < -0.3 is 0 Å². The lowest BCUT2D eigenvalue weighted by Crippen LogP contribution is -2.38. The molecule has 0 spiro atoms. The Morgan fingerprint density at radius 2 is 1.90 bits per heavy atom. The van der Waals surface area contributed by atoms with Crippen LogP contribution in [0.3, 0.4) is 0 Å². The Bertz CT molecular complexity index is 1010. The molecular formula is C20H24F3N3O2S. The minimum atomic E-state index is -4.59. The monoisotopic (exact) mass is 427 g/mol. The van der Waals surface area contributed by atoms with Gasteiger partial charge in [-0.3, -0.25) is 4.68 Å². The lowest BCUT2D eigenvalue weighted by Gasteiger charge is -2.28. The van der Waals surface area contributed by atoms with Crippen LogP contribution in [0.5, 0.6) is 0 Å². The number of alkyl halides is 3. The van der Waals surface area contributed by atoms with Gasteiger partial charge in [-0.25, -0.2) is 8.42 Å². The van der Waals surface area contributed by atoms with Gasteiger partial charge in [0.05, 0.1) is 22.7 Å². The lowest BCUT2D eigenvalue weighted by atomic mass is 10.2. The van der Waals surface area contributed by atoms with Crippen LogP contribution >= 0.6 is 0 Å². The van der Waals surface area contributed by atoms with Crippen LogP contribution in [0.25, 0.3) is 0 Å². The third-order valence-corrected chi connectivity index (χ3v) is 7.90. The van der Waals surface area contributed by atoms with Crippen molar-refractivity contribution in [1.29, 1.82) is 0 Å². The van der Waals surface area contributed by atoms with Gasteiger partial charge in [-0.1, -0.05) is 18.9 Å². The third-order valence-electron chi connectivity index (χ3n) is 6.00. The number of benzene rings is 1. The predicted octanol–water partition coefficient (Wildman–Crippen LogP) is 4.06. The van der Waals surface area contributed by atoms with Crippen LogP contribution in [0.15, 0.2) is 29.2 Å². The molecule has 4 rings (SSSR count). The van der Waals surface area contributed by atoms with Crippen LogP contribution in [-0.2, 0) is 42.6 Å². The van der Waals surface area contributed by atoms with E-state index in [0.29, 0.717) is 12.8 Å². The summed E-state index contributed by atoms with van der Waals surface area (Å²) in [6.07, 6.45) is 1.46. The zero-order valence-electron chi connectivity index (χ0n) is 16.2. The molecule has 158 valence electrons. The fourth-order valence-corrected chi connectivity index (χ4v) is 6.24. The van der Waals surface area contributed by atoms with Crippen molar-refractivity contribution in [3.63, 3.8) is 0 Å². The van der Waals surface area contributed by atoms with E-state index in [4.69, 9.17) is 0 Å². The van der Waals surface area contributed by atoms with E-state index in [2.05, 4.69) is 5.10 Å². The number of rotatable bonds is 5. The van der Waals surface area contributed by atoms with Gasteiger partial charge in [-0.2, -0.15) is 22.6 Å². The number of hydrogen-bond donors (Lipinski definition) is 0. The average molecular weight is 427 g/mol. The summed E-state index contributed by atoms with van der Waals surface area (Å²) >= 11 is 0. The van der Waals surface area contributed by atoms with E-state index in [1.807, 2.05) is 7.05 Å². The number of hydrogen-bond acceptors (Lipinski definition) is 3. The number of fused-ring (bicyclic) bond motifs is 1. The molecule has 2 aromatic rings. The zero-order valence-corrected chi connectivity index (χ0v) is 17.1. The highest BCUT2D eigenvalue weighted by Crippen LogP contribution is 2.35. The first kappa shape index (κ1) is 20.4. The van der Waals surface area contributed by atoms with Crippen LogP contribution in [0, 0.1) is 0 Å². The molecule has 1 heterocycles. The van der Waals surface area contributed by atoms with Crippen LogP contribution < -0.4 is 0 Å². The van der Waals surface area contributed by atoms with E-state index in [1.165, 1.54) is 10.4 Å². The van der Waals surface area contributed by atoms with E-state index in [1.54, 1.807) is 4.68 Å². The molecule has 1 saturated carbocycles. The summed E-state index contributed by atoms with van der Waals surface area (Å²) in [7, 11) is -2.23. The highest BCUT2D eigenvalue weighted by Gasteiger charge is 2.37. The first-order valence-corrected chi connectivity index (χ1v) is 11.3. The molecule has 2 aliphatic carbocycles. The average Bonchev–Trinajstić information content (AvgIpc) is 3.39. The second-order valence-electron chi connectivity index (χ2n) is 7.86. The number of aryl methyl sites for hydroxylation is 1. The van der Waals surface area contributed by atoms with Crippen molar-refractivity contribution in [2.45, 2.75) is 68.6 Å². The van der Waals surface area contributed by atoms with Gasteiger partial charge in [0, 0.05) is 18.8 Å². The van der Waals surface area contributed by atoms with Crippen molar-refractivity contribution < 1.29 is 21.6 Å². The van der Waals surface area contributed by atoms with Gasteiger partial charge >= 0.3 is 6.18 Å². The van der Waals surface area contributed by atoms with E-state index < -0.39 is 21.8 Å². The van der Waals surface area contributed by atoms with Crippen molar-refractivity contribution in [3.8, 4) is 0 Å². The summed E-state index contributed by atoms with van der Waals surface area (Å²) in [5, 5.41) is 4.54. The van der Waals surface area contributed by atoms with Gasteiger partial charge in [-0.15, -0.1) is 0 Å². The standard InChI is InChI=1S/C20H24F3N3O2S/c1-25-19-11-5-10-17(19)18(24-25)13-26(15-7-2-3-8-15)29(27,28)16-9-4-6-14(12-16)20(21,22)23/h4,6,9,12,15H,2-3,5,7-8,10-11,13H2,1H3. The van der Waals surface area contributed by atoms with Gasteiger partial charge in [0.25, 0.3) is 0 Å². The molecule has 1 fully saturated rings. The van der Waals surface area contributed by atoms with Gasteiger partial charge in [0.2, 0.25) is 10.0 Å². The van der Waals surface area contributed by atoms with Crippen LogP contribution in [-0.4, -0.2) is 28.5 Å². The maximum absolute atomic E-state index is 13.4. The largest absolute Gasteiger partial charge is 0.416 e. The molecular weight excluding hydrogens is 403 g/mol. The molecule has 29 heavy (non-hydrogen) atoms. The summed E-state index contributed by atoms with van der Waals surface area (Å²) in [5.41, 5.74) is 1.99. The quantitative estimate of drug-likeness (QED) is 0.723. The minimum Gasteiger partial charge on any atom is -0.272 e. The normalized spacial score (nSPS) is 18.0. The topological polar surface area (TPSA) is 55.2 Å². The molecule has 9 heteroatoms. The summed E-state index contributed by atoms with van der Waals surface area (Å²) in [4.78, 5) is -0.313. The predicted molar refractivity (Wildman–Crippen MR) is 102 cm³/mol. The number of nitrogens with zero attached hydrogens (tertiary/aromatic N) is 3. The molecule has 0 amide bonds. The third kappa shape index (κ3) is 3.82. The first-order chi connectivity index (χ1) is 13.7. The van der Waals surface area contributed by atoms with Crippen molar-refractivity contribution >= 4 is 10.0 Å². The smallest absolute Gasteiger partial charge is 0.272 e. The molecule has 1 aromatic heterocycles. The second-order valence-corrected chi connectivity index (χ2v) is 9.75.